The molecule has 0 radical (unpaired) electrons. The van der Waals surface area contributed by atoms with Crippen LogP contribution in [0, 0.1) is 6.92 Å². The average molecular weight is 524 g/mol. The van der Waals surface area contributed by atoms with Gasteiger partial charge in [-0.3, -0.25) is 9.69 Å². The van der Waals surface area contributed by atoms with Gasteiger partial charge in [-0.2, -0.15) is 4.31 Å². The number of thiazole rings is 1. The second-order valence-electron chi connectivity index (χ2n) is 9.44. The van der Waals surface area contributed by atoms with Gasteiger partial charge in [0.15, 0.2) is 5.13 Å². The Morgan fingerprint density at radius 1 is 1.17 bits per heavy atom. The van der Waals surface area contributed by atoms with Gasteiger partial charge in [-0.15, -0.1) is 0 Å². The number of furan rings is 1. The third-order valence-electron chi connectivity index (χ3n) is 6.57. The van der Waals surface area contributed by atoms with E-state index in [9.17, 15) is 13.2 Å². The summed E-state index contributed by atoms with van der Waals surface area (Å²) in [6, 6.07) is 15.6. The fourth-order valence-electron chi connectivity index (χ4n) is 4.64. The van der Waals surface area contributed by atoms with Crippen molar-refractivity contribution in [1.29, 1.82) is 0 Å². The van der Waals surface area contributed by atoms with Gasteiger partial charge in [0, 0.05) is 6.54 Å². The zero-order valence-electron chi connectivity index (χ0n) is 20.5. The van der Waals surface area contributed by atoms with Gasteiger partial charge < -0.3 is 4.42 Å². The Morgan fingerprint density at radius 3 is 2.64 bits per heavy atom. The molecule has 0 saturated carbocycles. The first-order valence-electron chi connectivity index (χ1n) is 12.1. The van der Waals surface area contributed by atoms with Gasteiger partial charge in [-0.1, -0.05) is 55.0 Å². The van der Waals surface area contributed by atoms with Gasteiger partial charge in [-0.25, -0.2) is 13.4 Å². The summed E-state index contributed by atoms with van der Waals surface area (Å²) in [5.74, 6) is 0.602. The minimum absolute atomic E-state index is 0.178. The van der Waals surface area contributed by atoms with E-state index < -0.39 is 16.1 Å². The molecular formula is C27H29N3O4S2. The molecule has 36 heavy (non-hydrogen) atoms. The number of carbonyl (C=O) groups is 1. The van der Waals surface area contributed by atoms with E-state index in [0.29, 0.717) is 30.3 Å². The quantitative estimate of drug-likeness (QED) is 0.310. The number of amides is 1. The number of aromatic nitrogens is 1. The monoisotopic (exact) mass is 523 g/mol. The van der Waals surface area contributed by atoms with Gasteiger partial charge in [0.25, 0.3) is 0 Å². The molecule has 3 heterocycles. The highest BCUT2D eigenvalue weighted by Crippen LogP contribution is 2.36. The van der Waals surface area contributed by atoms with Crippen LogP contribution >= 0.6 is 11.3 Å². The van der Waals surface area contributed by atoms with Crippen molar-refractivity contribution >= 4 is 42.6 Å². The Morgan fingerprint density at radius 2 is 1.94 bits per heavy atom. The lowest BCUT2D eigenvalue weighted by Gasteiger charge is -2.28. The Kier molecular flexibility index (Phi) is 6.72. The van der Waals surface area contributed by atoms with Crippen LogP contribution < -0.4 is 4.90 Å². The molecule has 1 aliphatic heterocycles. The highest BCUT2D eigenvalue weighted by Gasteiger charge is 2.42. The normalized spacial score (nSPS) is 16.7. The topological polar surface area (TPSA) is 83.7 Å². The van der Waals surface area contributed by atoms with Crippen molar-refractivity contribution in [3.05, 3.63) is 77.7 Å². The molecule has 7 nitrogen and oxygen atoms in total. The molecule has 0 spiro atoms. The van der Waals surface area contributed by atoms with Crippen LogP contribution in [0.25, 0.3) is 10.2 Å². The molecule has 1 saturated heterocycles. The number of carbonyl (C=O) groups excluding carboxylic acids is 1. The summed E-state index contributed by atoms with van der Waals surface area (Å²) in [4.78, 5) is 20.7. The van der Waals surface area contributed by atoms with Gasteiger partial charge in [-0.05, 0) is 61.6 Å². The Balaban J connectivity index is 1.53. The van der Waals surface area contributed by atoms with Crippen molar-refractivity contribution in [3.63, 3.8) is 0 Å². The first-order chi connectivity index (χ1) is 17.3. The largest absolute Gasteiger partial charge is 0.467 e. The molecule has 4 aromatic rings. The molecule has 0 N–H and O–H groups in total. The van der Waals surface area contributed by atoms with Gasteiger partial charge in [0.1, 0.15) is 11.8 Å². The molecule has 1 unspecified atom stereocenters. The first kappa shape index (κ1) is 24.7. The molecule has 1 atom stereocenters. The standard InChI is InChI=1S/C27H29N3O4S2/c1-18(2)22-8-4-10-24-25(22)28-27(35-24)29(17-20-7-6-16-34-20)26(31)23-9-5-15-30(23)36(32,33)21-13-11-19(3)12-14-21/h4,6-8,10-14,16,18,23H,5,9,15,17H2,1-3H3. The number of hydrogen-bond acceptors (Lipinski definition) is 6. The number of benzene rings is 2. The number of anilines is 1. The number of sulfonamides is 1. The summed E-state index contributed by atoms with van der Waals surface area (Å²) < 4.78 is 34.9. The molecule has 2 aromatic carbocycles. The molecule has 9 heteroatoms. The van der Waals surface area contributed by atoms with Crippen LogP contribution in [0.4, 0.5) is 5.13 Å². The van der Waals surface area contributed by atoms with E-state index in [4.69, 9.17) is 9.40 Å². The maximum Gasteiger partial charge on any atom is 0.247 e. The molecule has 5 rings (SSSR count). The van der Waals surface area contributed by atoms with Gasteiger partial charge in [0.05, 0.1) is 27.9 Å². The molecule has 1 amide bonds. The summed E-state index contributed by atoms with van der Waals surface area (Å²) in [7, 11) is -3.82. The van der Waals surface area contributed by atoms with Gasteiger partial charge >= 0.3 is 0 Å². The molecule has 188 valence electrons. The zero-order valence-corrected chi connectivity index (χ0v) is 22.2. The first-order valence-corrected chi connectivity index (χ1v) is 14.3. The van der Waals surface area contributed by atoms with E-state index in [0.717, 1.165) is 21.3 Å². The molecule has 0 bridgehead atoms. The molecule has 2 aromatic heterocycles. The molecular weight excluding hydrogens is 494 g/mol. The highest BCUT2D eigenvalue weighted by molar-refractivity contribution is 7.89. The maximum absolute atomic E-state index is 14.1. The van der Waals surface area contributed by atoms with Crippen LogP contribution in [-0.2, 0) is 21.4 Å². The predicted octanol–water partition coefficient (Wildman–Crippen LogP) is 5.71. The van der Waals surface area contributed by atoms with Crippen LogP contribution in [0.2, 0.25) is 0 Å². The maximum atomic E-state index is 14.1. The van der Waals surface area contributed by atoms with Gasteiger partial charge in [0.2, 0.25) is 15.9 Å². The lowest BCUT2D eigenvalue weighted by atomic mass is 10.0. The number of rotatable bonds is 7. The highest BCUT2D eigenvalue weighted by atomic mass is 32.2. The minimum atomic E-state index is -3.82. The molecule has 1 aliphatic rings. The Bertz CT molecular complexity index is 1480. The molecule has 0 aliphatic carbocycles. The zero-order chi connectivity index (χ0) is 25.4. The smallest absolute Gasteiger partial charge is 0.247 e. The van der Waals surface area contributed by atoms with Crippen molar-refractivity contribution < 1.29 is 17.6 Å². The van der Waals surface area contributed by atoms with Crippen molar-refractivity contribution in [2.75, 3.05) is 11.4 Å². The van der Waals surface area contributed by atoms with Crippen molar-refractivity contribution in [1.82, 2.24) is 9.29 Å². The predicted molar refractivity (Wildman–Crippen MR) is 142 cm³/mol. The summed E-state index contributed by atoms with van der Waals surface area (Å²) in [6.07, 6.45) is 2.64. The van der Waals surface area contributed by atoms with E-state index in [-0.39, 0.29) is 23.3 Å². The van der Waals surface area contributed by atoms with Crippen LogP contribution in [0.5, 0.6) is 0 Å². The van der Waals surface area contributed by atoms with Crippen LogP contribution in [0.1, 0.15) is 49.5 Å². The summed E-state index contributed by atoms with van der Waals surface area (Å²) in [5.41, 5.74) is 2.97. The van der Waals surface area contributed by atoms with Crippen molar-refractivity contribution in [3.8, 4) is 0 Å². The Labute approximate surface area is 215 Å². The summed E-state index contributed by atoms with van der Waals surface area (Å²) >= 11 is 1.44. The van der Waals surface area contributed by atoms with E-state index >= 15 is 0 Å². The van der Waals surface area contributed by atoms with Crippen LogP contribution in [0.15, 0.2) is 70.2 Å². The molecule has 1 fully saturated rings. The second kappa shape index (κ2) is 9.80. The number of para-hydroxylation sites is 1. The number of aryl methyl sites for hydroxylation is 1. The number of nitrogens with zero attached hydrogens (tertiary/aromatic N) is 3. The lowest BCUT2D eigenvalue weighted by Crippen LogP contribution is -2.47. The van der Waals surface area contributed by atoms with E-state index in [1.807, 2.05) is 25.1 Å². The fourth-order valence-corrected chi connectivity index (χ4v) is 7.29. The van der Waals surface area contributed by atoms with Crippen molar-refractivity contribution in [2.45, 2.75) is 57.0 Å². The third-order valence-corrected chi connectivity index (χ3v) is 9.53. The summed E-state index contributed by atoms with van der Waals surface area (Å²) in [5, 5.41) is 0.541. The second-order valence-corrected chi connectivity index (χ2v) is 12.3. The van der Waals surface area contributed by atoms with Crippen LogP contribution in [-0.4, -0.2) is 36.2 Å². The summed E-state index contributed by atoms with van der Waals surface area (Å²) in [6.45, 7) is 6.63. The van der Waals surface area contributed by atoms with Crippen molar-refractivity contribution in [2.24, 2.45) is 0 Å². The SMILES string of the molecule is Cc1ccc(S(=O)(=O)N2CCCC2C(=O)N(Cc2ccco2)c2nc3c(C(C)C)cccc3s2)cc1. The minimum Gasteiger partial charge on any atom is -0.467 e. The van der Waals surface area contributed by atoms with E-state index in [1.54, 1.807) is 41.5 Å². The average Bonchev–Trinajstić information content (AvgIpc) is 3.62. The number of fused-ring (bicyclic) bond motifs is 1. The van der Waals surface area contributed by atoms with Crippen LogP contribution in [0.3, 0.4) is 0 Å². The number of hydrogen-bond donors (Lipinski definition) is 0. The fraction of sp³-hybridized carbons (Fsp3) is 0.333. The lowest BCUT2D eigenvalue weighted by molar-refractivity contribution is -0.121. The third kappa shape index (κ3) is 4.58. The van der Waals surface area contributed by atoms with E-state index in [1.165, 1.54) is 15.6 Å². The Hall–Kier alpha value is -3.01. The van der Waals surface area contributed by atoms with E-state index in [2.05, 4.69) is 19.9 Å².